The summed E-state index contributed by atoms with van der Waals surface area (Å²) in [4.78, 5) is 14.3. The Bertz CT molecular complexity index is 1070. The largest absolute Gasteiger partial charge is 0.471 e. The number of ether oxygens (including phenoxy) is 1. The number of hydrogen-bond donors (Lipinski definition) is 0. The highest BCUT2D eigenvalue weighted by Gasteiger charge is 2.25. The van der Waals surface area contributed by atoms with Crippen LogP contribution in [0.2, 0.25) is 5.02 Å². The molecule has 140 valence electrons. The van der Waals surface area contributed by atoms with E-state index in [9.17, 15) is 4.79 Å². The first-order valence-electron chi connectivity index (χ1n) is 9.20. The molecule has 1 aliphatic rings. The topological polar surface area (TPSA) is 42.7 Å². The fourth-order valence-electron chi connectivity index (χ4n) is 3.83. The van der Waals surface area contributed by atoms with E-state index in [1.165, 1.54) is 11.1 Å². The molecule has 5 heteroatoms. The van der Waals surface area contributed by atoms with Crippen LogP contribution in [-0.2, 0) is 13.0 Å². The molecule has 2 aromatic carbocycles. The number of benzene rings is 2. The van der Waals surface area contributed by atoms with Crippen molar-refractivity contribution in [2.24, 2.45) is 0 Å². The minimum absolute atomic E-state index is 0.334. The van der Waals surface area contributed by atoms with Gasteiger partial charge in [-0.15, -0.1) is 0 Å². The molecule has 4 nitrogen and oxygen atoms in total. The van der Waals surface area contributed by atoms with Gasteiger partial charge in [-0.05, 0) is 55.2 Å². The van der Waals surface area contributed by atoms with E-state index < -0.39 is 0 Å². The van der Waals surface area contributed by atoms with E-state index >= 15 is 0 Å². The zero-order valence-corrected chi connectivity index (χ0v) is 16.5. The Morgan fingerprint density at radius 1 is 1.11 bits per heavy atom. The lowest BCUT2D eigenvalue weighted by Gasteiger charge is -2.32. The molecule has 4 rings (SSSR count). The maximum absolute atomic E-state index is 12.1. The molecule has 0 spiro atoms. The summed E-state index contributed by atoms with van der Waals surface area (Å²) in [5.41, 5.74) is 5.53. The van der Waals surface area contributed by atoms with Crippen LogP contribution in [0.25, 0.3) is 11.0 Å². The van der Waals surface area contributed by atoms with Crippen molar-refractivity contribution in [2.75, 3.05) is 11.6 Å². The Labute approximate surface area is 163 Å². The van der Waals surface area contributed by atoms with Crippen LogP contribution in [0.1, 0.15) is 35.6 Å². The van der Waals surface area contributed by atoms with Gasteiger partial charge in [0, 0.05) is 17.1 Å². The zero-order valence-electron chi connectivity index (χ0n) is 15.8. The third-order valence-electron chi connectivity index (χ3n) is 4.93. The number of rotatable bonds is 3. The quantitative estimate of drug-likeness (QED) is 0.570. The van der Waals surface area contributed by atoms with Gasteiger partial charge in [-0.1, -0.05) is 31.0 Å². The third-order valence-corrected chi connectivity index (χ3v) is 5.21. The standard InChI is InChI=1S/C22H22ClNO3/c1-4-5-15-9-20(25)27-21-17(15)10-19(23)22-18(21)11-24(12-26-22)16-7-13(2)6-14(3)8-16/h6-10H,4-5,11-12H2,1-3H3. The predicted octanol–water partition coefficient (Wildman–Crippen LogP) is 5.37. The zero-order chi connectivity index (χ0) is 19.1. The van der Waals surface area contributed by atoms with Gasteiger partial charge < -0.3 is 14.1 Å². The second-order valence-electron chi connectivity index (χ2n) is 7.20. The number of halogens is 1. The van der Waals surface area contributed by atoms with E-state index in [4.69, 9.17) is 20.8 Å². The summed E-state index contributed by atoms with van der Waals surface area (Å²) < 4.78 is 11.6. The highest BCUT2D eigenvalue weighted by Crippen LogP contribution is 2.40. The van der Waals surface area contributed by atoms with E-state index in [-0.39, 0.29) is 5.63 Å². The summed E-state index contributed by atoms with van der Waals surface area (Å²) in [6.07, 6.45) is 1.75. The summed E-state index contributed by atoms with van der Waals surface area (Å²) in [6.45, 7) is 7.23. The van der Waals surface area contributed by atoms with E-state index in [0.29, 0.717) is 29.6 Å². The number of nitrogens with zero attached hydrogens (tertiary/aromatic N) is 1. The van der Waals surface area contributed by atoms with Crippen LogP contribution < -0.4 is 15.3 Å². The lowest BCUT2D eigenvalue weighted by Crippen LogP contribution is -2.32. The van der Waals surface area contributed by atoms with E-state index in [0.717, 1.165) is 35.0 Å². The lowest BCUT2D eigenvalue weighted by molar-refractivity contribution is 0.289. The maximum atomic E-state index is 12.1. The Morgan fingerprint density at radius 2 is 1.85 bits per heavy atom. The molecule has 0 aliphatic carbocycles. The molecule has 0 radical (unpaired) electrons. The van der Waals surface area contributed by atoms with Crippen LogP contribution in [0.4, 0.5) is 5.69 Å². The SMILES string of the molecule is CCCc1cc(=O)oc2c3c(c(Cl)cc12)OCN(c1cc(C)cc(C)c1)C3. The van der Waals surface area contributed by atoms with Crippen molar-refractivity contribution in [3.8, 4) is 5.75 Å². The van der Waals surface area contributed by atoms with Crippen LogP contribution in [-0.4, -0.2) is 6.73 Å². The van der Waals surface area contributed by atoms with E-state index in [2.05, 4.69) is 43.9 Å². The summed E-state index contributed by atoms with van der Waals surface area (Å²) in [5.74, 6) is 0.613. The predicted molar refractivity (Wildman–Crippen MR) is 109 cm³/mol. The summed E-state index contributed by atoms with van der Waals surface area (Å²) in [6, 6.07) is 9.83. The molecule has 1 aromatic heterocycles. The fraction of sp³-hybridized carbons (Fsp3) is 0.318. The van der Waals surface area contributed by atoms with Crippen molar-refractivity contribution in [3.63, 3.8) is 0 Å². The normalized spacial score (nSPS) is 13.6. The van der Waals surface area contributed by atoms with Crippen molar-refractivity contribution in [2.45, 2.75) is 40.2 Å². The molecule has 0 saturated heterocycles. The highest BCUT2D eigenvalue weighted by atomic mass is 35.5. The van der Waals surface area contributed by atoms with Gasteiger partial charge in [-0.3, -0.25) is 0 Å². The smallest absolute Gasteiger partial charge is 0.336 e. The van der Waals surface area contributed by atoms with Crippen LogP contribution in [0.3, 0.4) is 0 Å². The van der Waals surface area contributed by atoms with Gasteiger partial charge >= 0.3 is 5.63 Å². The molecule has 0 fully saturated rings. The van der Waals surface area contributed by atoms with Crippen molar-refractivity contribution in [1.29, 1.82) is 0 Å². The minimum Gasteiger partial charge on any atom is -0.471 e. The van der Waals surface area contributed by atoms with Crippen molar-refractivity contribution >= 4 is 28.3 Å². The fourth-order valence-corrected chi connectivity index (χ4v) is 4.10. The Hall–Kier alpha value is -2.46. The summed E-state index contributed by atoms with van der Waals surface area (Å²) in [5, 5.41) is 1.45. The van der Waals surface area contributed by atoms with Gasteiger partial charge in [-0.2, -0.15) is 0 Å². The number of fused-ring (bicyclic) bond motifs is 3. The summed E-state index contributed by atoms with van der Waals surface area (Å²) in [7, 11) is 0. The first-order chi connectivity index (χ1) is 13.0. The first-order valence-corrected chi connectivity index (χ1v) is 9.58. The van der Waals surface area contributed by atoms with Crippen molar-refractivity contribution in [3.05, 3.63) is 68.0 Å². The third kappa shape index (κ3) is 3.30. The van der Waals surface area contributed by atoms with Gasteiger partial charge in [0.25, 0.3) is 0 Å². The monoisotopic (exact) mass is 383 g/mol. The number of anilines is 1. The minimum atomic E-state index is -0.334. The molecule has 0 unspecified atom stereocenters. The molecule has 0 amide bonds. The van der Waals surface area contributed by atoms with E-state index in [1.54, 1.807) is 6.07 Å². The molecule has 0 atom stereocenters. The highest BCUT2D eigenvalue weighted by molar-refractivity contribution is 6.33. The molecule has 0 N–H and O–H groups in total. The van der Waals surface area contributed by atoms with Gasteiger partial charge in [0.1, 0.15) is 11.3 Å². The van der Waals surface area contributed by atoms with Gasteiger partial charge in [0.05, 0.1) is 17.1 Å². The average molecular weight is 384 g/mol. The molecule has 2 heterocycles. The van der Waals surface area contributed by atoms with Crippen molar-refractivity contribution in [1.82, 2.24) is 0 Å². The Morgan fingerprint density at radius 3 is 2.56 bits per heavy atom. The number of aryl methyl sites for hydroxylation is 3. The molecule has 0 saturated carbocycles. The number of hydrogen-bond acceptors (Lipinski definition) is 4. The first kappa shape index (κ1) is 17.9. The molecular formula is C22H22ClNO3. The second-order valence-corrected chi connectivity index (χ2v) is 7.61. The second kappa shape index (κ2) is 6.93. The molecular weight excluding hydrogens is 362 g/mol. The average Bonchev–Trinajstić information content (AvgIpc) is 2.62. The maximum Gasteiger partial charge on any atom is 0.336 e. The van der Waals surface area contributed by atoms with Crippen LogP contribution in [0.15, 0.2) is 39.5 Å². The van der Waals surface area contributed by atoms with Gasteiger partial charge in [0.2, 0.25) is 0 Å². The molecule has 27 heavy (non-hydrogen) atoms. The molecule has 0 bridgehead atoms. The van der Waals surface area contributed by atoms with Crippen LogP contribution in [0, 0.1) is 13.8 Å². The van der Waals surface area contributed by atoms with Gasteiger partial charge in [0.15, 0.2) is 6.73 Å². The molecule has 1 aliphatic heterocycles. The van der Waals surface area contributed by atoms with E-state index in [1.807, 2.05) is 6.07 Å². The summed E-state index contributed by atoms with van der Waals surface area (Å²) >= 11 is 6.51. The molecule has 3 aromatic rings. The van der Waals surface area contributed by atoms with Crippen molar-refractivity contribution < 1.29 is 9.15 Å². The lowest BCUT2D eigenvalue weighted by atomic mass is 10.0. The Kier molecular flexibility index (Phi) is 4.60. The van der Waals surface area contributed by atoms with Crippen LogP contribution >= 0.6 is 11.6 Å². The van der Waals surface area contributed by atoms with Gasteiger partial charge in [-0.25, -0.2) is 4.79 Å². The van der Waals surface area contributed by atoms with Crippen LogP contribution in [0.5, 0.6) is 5.75 Å². The Balaban J connectivity index is 1.87.